The molecule has 0 spiro atoms. The van der Waals surface area contributed by atoms with Crippen molar-refractivity contribution in [1.82, 2.24) is 4.98 Å². The first-order valence-electron chi connectivity index (χ1n) is 11.3. The molecule has 0 saturated carbocycles. The molecule has 0 fully saturated rings. The van der Waals surface area contributed by atoms with Crippen molar-refractivity contribution in [3.63, 3.8) is 0 Å². The molecule has 3 aromatic carbocycles. The minimum Gasteiger partial charge on any atom is -0.464 e. The monoisotopic (exact) mass is 447 g/mol. The van der Waals surface area contributed by atoms with Crippen molar-refractivity contribution < 1.29 is 4.42 Å². The summed E-state index contributed by atoms with van der Waals surface area (Å²) < 4.78 is 6.98. The van der Waals surface area contributed by atoms with E-state index < -0.39 is 0 Å². The lowest BCUT2D eigenvalue weighted by molar-refractivity contribution is 0.596. The molecular weight excluding hydrogens is 422 g/mol. The summed E-state index contributed by atoms with van der Waals surface area (Å²) in [5, 5.41) is 4.99. The fourth-order valence-corrected chi connectivity index (χ4v) is 6.02. The normalized spacial score (nSPS) is 12.2. The highest BCUT2D eigenvalue weighted by Crippen LogP contribution is 2.43. The van der Waals surface area contributed by atoms with E-state index in [4.69, 9.17) is 9.40 Å². The van der Waals surface area contributed by atoms with E-state index in [0.29, 0.717) is 0 Å². The molecule has 0 aliphatic carbocycles. The van der Waals surface area contributed by atoms with Gasteiger partial charge in [-0.05, 0) is 70.0 Å². The van der Waals surface area contributed by atoms with Crippen LogP contribution in [0.3, 0.4) is 0 Å². The van der Waals surface area contributed by atoms with Gasteiger partial charge >= 0.3 is 0 Å². The van der Waals surface area contributed by atoms with Crippen LogP contribution in [0.4, 0.5) is 0 Å². The number of pyridine rings is 1. The molecule has 0 radical (unpaired) electrons. The smallest absolute Gasteiger partial charge is 0.134 e. The number of aryl methyl sites for hydroxylation is 1. The molecule has 0 aliphatic heterocycles. The van der Waals surface area contributed by atoms with Crippen molar-refractivity contribution in [1.29, 1.82) is 0 Å². The maximum absolute atomic E-state index is 5.76. The summed E-state index contributed by atoms with van der Waals surface area (Å²) in [6, 6.07) is 24.0. The molecule has 2 nitrogen and oxygen atoms in total. The quantitative estimate of drug-likeness (QED) is 0.264. The average Bonchev–Trinajstić information content (AvgIpc) is 3.41. The van der Waals surface area contributed by atoms with E-state index in [2.05, 4.69) is 88.4 Å². The third-order valence-corrected chi connectivity index (χ3v) is 7.62. The van der Waals surface area contributed by atoms with Gasteiger partial charge in [0, 0.05) is 27.6 Å². The van der Waals surface area contributed by atoms with Crippen LogP contribution in [0.2, 0.25) is 0 Å². The molecule has 6 rings (SSSR count). The van der Waals surface area contributed by atoms with Crippen LogP contribution < -0.4 is 0 Å². The Bertz CT molecular complexity index is 1660. The Morgan fingerprint density at radius 3 is 2.58 bits per heavy atom. The second-order valence-corrected chi connectivity index (χ2v) is 10.8. The molecule has 3 heteroatoms. The van der Waals surface area contributed by atoms with E-state index in [0.717, 1.165) is 11.3 Å². The molecule has 33 heavy (non-hydrogen) atoms. The van der Waals surface area contributed by atoms with Gasteiger partial charge in [-0.2, -0.15) is 0 Å². The van der Waals surface area contributed by atoms with Crippen molar-refractivity contribution in [2.75, 3.05) is 0 Å². The van der Waals surface area contributed by atoms with Crippen molar-refractivity contribution >= 4 is 43.2 Å². The van der Waals surface area contributed by atoms with Gasteiger partial charge in [0.1, 0.15) is 5.58 Å². The number of rotatable bonds is 2. The van der Waals surface area contributed by atoms with Crippen LogP contribution in [0, 0.1) is 6.92 Å². The number of hydrogen-bond acceptors (Lipinski definition) is 3. The second kappa shape index (κ2) is 7.29. The topological polar surface area (TPSA) is 26.0 Å². The maximum Gasteiger partial charge on any atom is 0.134 e. The molecule has 3 aromatic heterocycles. The van der Waals surface area contributed by atoms with E-state index in [9.17, 15) is 0 Å². The Kier molecular flexibility index (Phi) is 4.46. The number of hydrogen-bond donors (Lipinski definition) is 0. The summed E-state index contributed by atoms with van der Waals surface area (Å²) in [6.07, 6.45) is 3.78. The first kappa shape index (κ1) is 20.2. The highest BCUT2D eigenvalue weighted by molar-refractivity contribution is 7.22. The largest absolute Gasteiger partial charge is 0.464 e. The molecule has 6 aromatic rings. The third-order valence-electron chi connectivity index (χ3n) is 6.43. The van der Waals surface area contributed by atoms with Gasteiger partial charge < -0.3 is 4.42 Å². The van der Waals surface area contributed by atoms with Crippen LogP contribution in [0.5, 0.6) is 0 Å². The van der Waals surface area contributed by atoms with Crippen LogP contribution in [0.1, 0.15) is 31.9 Å². The zero-order valence-electron chi connectivity index (χ0n) is 19.3. The molecular formula is C30H25NOS. The van der Waals surface area contributed by atoms with Crippen molar-refractivity contribution in [3.05, 3.63) is 90.3 Å². The van der Waals surface area contributed by atoms with Gasteiger partial charge in [-0.25, -0.2) is 0 Å². The molecule has 3 heterocycles. The van der Waals surface area contributed by atoms with Gasteiger partial charge in [-0.15, -0.1) is 11.3 Å². The Morgan fingerprint density at radius 2 is 1.73 bits per heavy atom. The minimum absolute atomic E-state index is 0.0403. The standard InChI is InChI=1S/C30H25NOS/c1-18-17-32-25-11-7-10-23(27(18)25)26-16-20-12-13-31-28(29(20)33-26)21-14-19-8-5-6-9-22(19)24(15-21)30(2,3)4/h5-17H,1-4H3. The molecule has 0 atom stereocenters. The Balaban J connectivity index is 1.60. The summed E-state index contributed by atoms with van der Waals surface area (Å²) in [5.41, 5.74) is 6.94. The molecule has 0 N–H and O–H groups in total. The lowest BCUT2D eigenvalue weighted by atomic mass is 9.82. The summed E-state index contributed by atoms with van der Waals surface area (Å²) in [7, 11) is 0. The highest BCUT2D eigenvalue weighted by atomic mass is 32.1. The van der Waals surface area contributed by atoms with Crippen LogP contribution in [0.15, 0.2) is 83.6 Å². The Hall–Kier alpha value is -3.43. The number of benzene rings is 3. The SMILES string of the molecule is Cc1coc2cccc(-c3cc4ccnc(-c5cc(C(C)(C)C)c6ccccc6c5)c4s3)c12. The zero-order chi connectivity index (χ0) is 22.7. The lowest BCUT2D eigenvalue weighted by Crippen LogP contribution is -2.12. The molecule has 0 bridgehead atoms. The van der Waals surface area contributed by atoms with Crippen LogP contribution >= 0.6 is 11.3 Å². The van der Waals surface area contributed by atoms with Gasteiger partial charge in [0.2, 0.25) is 0 Å². The number of nitrogens with zero attached hydrogens (tertiary/aromatic N) is 1. The predicted octanol–water partition coefficient (Wildman–Crippen LogP) is 9.14. The predicted molar refractivity (Wildman–Crippen MR) is 141 cm³/mol. The van der Waals surface area contributed by atoms with Gasteiger partial charge in [0.15, 0.2) is 0 Å². The number of fused-ring (bicyclic) bond motifs is 3. The summed E-state index contributed by atoms with van der Waals surface area (Å²) in [6.45, 7) is 8.95. The highest BCUT2D eigenvalue weighted by Gasteiger charge is 2.20. The first-order chi connectivity index (χ1) is 15.9. The Labute approximate surface area is 197 Å². The van der Waals surface area contributed by atoms with Crippen molar-refractivity contribution in [3.8, 4) is 21.7 Å². The van der Waals surface area contributed by atoms with E-state index in [1.54, 1.807) is 0 Å². The number of thiophene rings is 1. The summed E-state index contributed by atoms with van der Waals surface area (Å²) in [4.78, 5) is 6.12. The van der Waals surface area contributed by atoms with Crippen LogP contribution in [-0.2, 0) is 5.41 Å². The Morgan fingerprint density at radius 1 is 0.879 bits per heavy atom. The summed E-state index contributed by atoms with van der Waals surface area (Å²) in [5.74, 6) is 0. The molecule has 0 saturated heterocycles. The number of furan rings is 1. The van der Waals surface area contributed by atoms with Crippen LogP contribution in [-0.4, -0.2) is 4.98 Å². The van der Waals surface area contributed by atoms with Crippen molar-refractivity contribution in [2.45, 2.75) is 33.1 Å². The van der Waals surface area contributed by atoms with Gasteiger partial charge in [-0.1, -0.05) is 57.2 Å². The minimum atomic E-state index is 0.0403. The molecule has 162 valence electrons. The lowest BCUT2D eigenvalue weighted by Gasteiger charge is -2.22. The van der Waals surface area contributed by atoms with E-state index in [1.807, 2.05) is 29.9 Å². The van der Waals surface area contributed by atoms with E-state index in [-0.39, 0.29) is 5.41 Å². The second-order valence-electron chi connectivity index (χ2n) is 9.78. The molecule has 0 aliphatic rings. The van der Waals surface area contributed by atoms with E-state index >= 15 is 0 Å². The third kappa shape index (κ3) is 3.27. The first-order valence-corrected chi connectivity index (χ1v) is 12.1. The maximum atomic E-state index is 5.76. The van der Waals surface area contributed by atoms with E-state index in [1.165, 1.54) is 53.4 Å². The zero-order valence-corrected chi connectivity index (χ0v) is 20.1. The fourth-order valence-electron chi connectivity index (χ4n) is 4.82. The van der Waals surface area contributed by atoms with Gasteiger partial charge in [0.25, 0.3) is 0 Å². The van der Waals surface area contributed by atoms with Crippen LogP contribution in [0.25, 0.3) is 53.5 Å². The average molecular weight is 448 g/mol. The van der Waals surface area contributed by atoms with Crippen molar-refractivity contribution in [2.24, 2.45) is 0 Å². The van der Waals surface area contributed by atoms with Gasteiger partial charge in [0.05, 0.1) is 16.7 Å². The molecule has 0 unspecified atom stereocenters. The number of aromatic nitrogens is 1. The molecule has 0 amide bonds. The summed E-state index contributed by atoms with van der Waals surface area (Å²) >= 11 is 1.81. The van der Waals surface area contributed by atoms with Gasteiger partial charge in [-0.3, -0.25) is 4.98 Å². The fraction of sp³-hybridized carbons (Fsp3) is 0.167.